The molecule has 2 aromatic carbocycles. The van der Waals surface area contributed by atoms with Crippen LogP contribution in [0.1, 0.15) is 24.1 Å². The zero-order valence-electron chi connectivity index (χ0n) is 12.3. The van der Waals surface area contributed by atoms with Gasteiger partial charge in [-0.3, -0.25) is 0 Å². The highest BCUT2D eigenvalue weighted by Crippen LogP contribution is 2.25. The molecule has 3 heteroatoms. The molecule has 0 aliphatic rings. The van der Waals surface area contributed by atoms with E-state index in [1.165, 1.54) is 11.1 Å². The second-order valence-corrected chi connectivity index (χ2v) is 5.18. The smallest absolute Gasteiger partial charge is 0.207 e. The Morgan fingerprint density at radius 3 is 2.48 bits per heavy atom. The summed E-state index contributed by atoms with van der Waals surface area (Å²) in [5, 5.41) is 3.37. The number of aromatic nitrogens is 2. The third-order valence-electron chi connectivity index (χ3n) is 3.75. The van der Waals surface area contributed by atoms with Crippen LogP contribution in [0, 0.1) is 6.92 Å². The van der Waals surface area contributed by atoms with Crippen LogP contribution in [0.15, 0.2) is 67.0 Å². The lowest BCUT2D eigenvalue weighted by Gasteiger charge is -2.19. The summed E-state index contributed by atoms with van der Waals surface area (Å²) in [6.45, 7) is 4.34. The minimum absolute atomic E-state index is 0.236. The van der Waals surface area contributed by atoms with Gasteiger partial charge in [0.2, 0.25) is 5.95 Å². The van der Waals surface area contributed by atoms with Crippen LogP contribution in [0.3, 0.4) is 0 Å². The third-order valence-corrected chi connectivity index (χ3v) is 3.75. The van der Waals surface area contributed by atoms with Crippen LogP contribution in [-0.2, 0) is 0 Å². The van der Waals surface area contributed by atoms with E-state index in [0.717, 1.165) is 11.6 Å². The highest BCUT2D eigenvalue weighted by Gasteiger charge is 2.13. The Morgan fingerprint density at radius 2 is 1.71 bits per heavy atom. The lowest BCUT2D eigenvalue weighted by molar-refractivity contribution is 0.643. The van der Waals surface area contributed by atoms with Gasteiger partial charge in [0.05, 0.1) is 6.04 Å². The van der Waals surface area contributed by atoms with Crippen LogP contribution in [0.25, 0.3) is 0 Å². The molecule has 0 saturated carbocycles. The van der Waals surface area contributed by atoms with E-state index in [1.54, 1.807) is 0 Å². The molecule has 1 unspecified atom stereocenters. The van der Waals surface area contributed by atoms with Crippen molar-refractivity contribution < 1.29 is 0 Å². The zero-order valence-corrected chi connectivity index (χ0v) is 12.3. The van der Waals surface area contributed by atoms with Gasteiger partial charge in [-0.25, -0.2) is 4.98 Å². The predicted molar refractivity (Wildman–Crippen MR) is 86.9 cm³/mol. The third kappa shape index (κ3) is 2.82. The minimum Gasteiger partial charge on any atom is -0.326 e. The first-order valence-electron chi connectivity index (χ1n) is 7.16. The number of para-hydroxylation sites is 1. The molecule has 1 aromatic heterocycles. The van der Waals surface area contributed by atoms with Crippen molar-refractivity contribution in [3.8, 4) is 0 Å². The van der Waals surface area contributed by atoms with E-state index in [9.17, 15) is 0 Å². The van der Waals surface area contributed by atoms with Crippen molar-refractivity contribution in [1.82, 2.24) is 9.55 Å². The van der Waals surface area contributed by atoms with Crippen molar-refractivity contribution in [3.63, 3.8) is 0 Å². The summed E-state index contributed by atoms with van der Waals surface area (Å²) in [4.78, 5) is 4.44. The number of hydrogen-bond acceptors (Lipinski definition) is 2. The predicted octanol–water partition coefficient (Wildman–Crippen LogP) is 4.54. The molecular formula is C18H19N3. The molecule has 3 nitrogen and oxygen atoms in total. The maximum atomic E-state index is 4.44. The molecule has 3 aromatic rings. The number of nitrogens with one attached hydrogen (secondary N) is 1. The fraction of sp³-hybridized carbons (Fsp3) is 0.167. The topological polar surface area (TPSA) is 29.9 Å². The molecule has 106 valence electrons. The Labute approximate surface area is 125 Å². The maximum Gasteiger partial charge on any atom is 0.207 e. The summed E-state index contributed by atoms with van der Waals surface area (Å²) in [5.74, 6) is 0.858. The monoisotopic (exact) mass is 277 g/mol. The van der Waals surface area contributed by atoms with E-state index >= 15 is 0 Å². The van der Waals surface area contributed by atoms with Crippen LogP contribution >= 0.6 is 0 Å². The summed E-state index contributed by atoms with van der Waals surface area (Å²) in [6, 6.07) is 18.8. The van der Waals surface area contributed by atoms with Gasteiger partial charge in [0.25, 0.3) is 0 Å². The van der Waals surface area contributed by atoms with Crippen LogP contribution in [0.5, 0.6) is 0 Å². The van der Waals surface area contributed by atoms with Gasteiger partial charge in [0, 0.05) is 18.1 Å². The fourth-order valence-corrected chi connectivity index (χ4v) is 2.58. The fourth-order valence-electron chi connectivity index (χ4n) is 2.58. The van der Waals surface area contributed by atoms with Crippen molar-refractivity contribution in [2.24, 2.45) is 0 Å². The molecule has 1 N–H and O–H groups in total. The van der Waals surface area contributed by atoms with E-state index in [4.69, 9.17) is 0 Å². The first-order valence-corrected chi connectivity index (χ1v) is 7.16. The SMILES string of the molecule is Cc1ccccc1C(C)n1ccnc1Nc1ccccc1. The molecule has 1 atom stereocenters. The molecule has 0 fully saturated rings. The van der Waals surface area contributed by atoms with Gasteiger partial charge < -0.3 is 9.88 Å². The summed E-state index contributed by atoms with van der Waals surface area (Å²) in [5.41, 5.74) is 3.65. The van der Waals surface area contributed by atoms with E-state index in [-0.39, 0.29) is 6.04 Å². The molecule has 0 bridgehead atoms. The van der Waals surface area contributed by atoms with Gasteiger partial charge in [-0.2, -0.15) is 0 Å². The number of hydrogen-bond donors (Lipinski definition) is 1. The zero-order chi connectivity index (χ0) is 14.7. The maximum absolute atomic E-state index is 4.44. The van der Waals surface area contributed by atoms with Crippen LogP contribution in [-0.4, -0.2) is 9.55 Å². The quantitative estimate of drug-likeness (QED) is 0.758. The van der Waals surface area contributed by atoms with Gasteiger partial charge in [0.1, 0.15) is 0 Å². The average Bonchev–Trinajstić information content (AvgIpc) is 2.96. The molecule has 0 spiro atoms. The lowest BCUT2D eigenvalue weighted by atomic mass is 10.0. The van der Waals surface area contributed by atoms with Crippen molar-refractivity contribution >= 4 is 11.6 Å². The summed E-state index contributed by atoms with van der Waals surface area (Å²) < 4.78 is 2.16. The minimum atomic E-state index is 0.236. The molecule has 3 rings (SSSR count). The van der Waals surface area contributed by atoms with Gasteiger partial charge in [-0.05, 0) is 37.1 Å². The number of rotatable bonds is 4. The van der Waals surface area contributed by atoms with Crippen molar-refractivity contribution in [2.45, 2.75) is 19.9 Å². The number of anilines is 2. The molecule has 0 amide bonds. The number of benzene rings is 2. The van der Waals surface area contributed by atoms with Gasteiger partial charge in [-0.15, -0.1) is 0 Å². The normalized spacial score (nSPS) is 12.1. The highest BCUT2D eigenvalue weighted by molar-refractivity contribution is 5.53. The number of aryl methyl sites for hydroxylation is 1. The van der Waals surface area contributed by atoms with Crippen LogP contribution < -0.4 is 5.32 Å². The first kappa shape index (κ1) is 13.4. The average molecular weight is 277 g/mol. The lowest BCUT2D eigenvalue weighted by Crippen LogP contribution is -2.10. The van der Waals surface area contributed by atoms with Crippen molar-refractivity contribution in [2.75, 3.05) is 5.32 Å². The Kier molecular flexibility index (Phi) is 3.73. The van der Waals surface area contributed by atoms with Crippen molar-refractivity contribution in [3.05, 3.63) is 78.1 Å². The van der Waals surface area contributed by atoms with Gasteiger partial charge in [0.15, 0.2) is 0 Å². The molecule has 0 radical (unpaired) electrons. The van der Waals surface area contributed by atoms with E-state index in [2.05, 4.69) is 53.0 Å². The standard InChI is InChI=1S/C18H19N3/c1-14-8-6-7-11-17(14)15(2)21-13-12-19-18(21)20-16-9-4-3-5-10-16/h3-13,15H,1-2H3,(H,19,20). The van der Waals surface area contributed by atoms with E-state index in [1.807, 2.05) is 42.7 Å². The van der Waals surface area contributed by atoms with Crippen LogP contribution in [0.4, 0.5) is 11.6 Å². The van der Waals surface area contributed by atoms with E-state index < -0.39 is 0 Å². The number of nitrogens with zero attached hydrogens (tertiary/aromatic N) is 2. The number of imidazole rings is 1. The molecular weight excluding hydrogens is 258 g/mol. The Balaban J connectivity index is 1.90. The molecule has 21 heavy (non-hydrogen) atoms. The molecule has 0 aliphatic heterocycles. The molecule has 1 heterocycles. The van der Waals surface area contributed by atoms with Gasteiger partial charge >= 0.3 is 0 Å². The second-order valence-electron chi connectivity index (χ2n) is 5.18. The van der Waals surface area contributed by atoms with Crippen molar-refractivity contribution in [1.29, 1.82) is 0 Å². The Bertz CT molecular complexity index is 716. The summed E-state index contributed by atoms with van der Waals surface area (Å²) in [7, 11) is 0. The summed E-state index contributed by atoms with van der Waals surface area (Å²) in [6.07, 6.45) is 3.85. The second kappa shape index (κ2) is 5.83. The van der Waals surface area contributed by atoms with Crippen LogP contribution in [0.2, 0.25) is 0 Å². The summed E-state index contributed by atoms with van der Waals surface area (Å²) >= 11 is 0. The largest absolute Gasteiger partial charge is 0.326 e. The van der Waals surface area contributed by atoms with Gasteiger partial charge in [-0.1, -0.05) is 42.5 Å². The van der Waals surface area contributed by atoms with E-state index in [0.29, 0.717) is 0 Å². The highest BCUT2D eigenvalue weighted by atomic mass is 15.2. The Morgan fingerprint density at radius 1 is 1.00 bits per heavy atom. The Hall–Kier alpha value is -2.55. The molecule has 0 aliphatic carbocycles. The molecule has 0 saturated heterocycles. The first-order chi connectivity index (χ1) is 10.3.